The van der Waals surface area contributed by atoms with E-state index in [0.717, 1.165) is 11.1 Å². The largest absolute Gasteiger partial charge is 0.451 e. The van der Waals surface area contributed by atoms with E-state index in [1.165, 1.54) is 0 Å². The minimum Gasteiger partial charge on any atom is -0.451 e. The zero-order valence-electron chi connectivity index (χ0n) is 11.8. The second-order valence-electron chi connectivity index (χ2n) is 4.69. The Kier molecular flexibility index (Phi) is 4.45. The van der Waals surface area contributed by atoms with Crippen LogP contribution < -0.4 is 16.2 Å². The van der Waals surface area contributed by atoms with Crippen molar-refractivity contribution in [2.45, 2.75) is 0 Å². The molecule has 1 aromatic heterocycles. The number of hydrogen-bond acceptors (Lipinski definition) is 3. The van der Waals surface area contributed by atoms with Crippen molar-refractivity contribution >= 4 is 51.5 Å². The lowest BCUT2D eigenvalue weighted by Crippen LogP contribution is -2.43. The number of furan rings is 1. The summed E-state index contributed by atoms with van der Waals surface area (Å²) in [4.78, 5) is 12.0. The van der Waals surface area contributed by atoms with Crippen molar-refractivity contribution in [1.82, 2.24) is 10.9 Å². The van der Waals surface area contributed by atoms with Gasteiger partial charge in [-0.25, -0.2) is 0 Å². The third-order valence-electron chi connectivity index (χ3n) is 3.04. The van der Waals surface area contributed by atoms with Crippen molar-refractivity contribution in [1.29, 1.82) is 0 Å². The fourth-order valence-corrected chi connectivity index (χ4v) is 2.26. The predicted octanol–water partition coefficient (Wildman–Crippen LogP) is 3.72. The van der Waals surface area contributed by atoms with E-state index in [9.17, 15) is 4.79 Å². The molecule has 0 atom stereocenters. The van der Waals surface area contributed by atoms with Crippen LogP contribution in [0.4, 0.5) is 5.69 Å². The van der Waals surface area contributed by atoms with Crippen LogP contribution in [0.2, 0.25) is 5.02 Å². The normalized spacial score (nSPS) is 10.3. The summed E-state index contributed by atoms with van der Waals surface area (Å²) in [6.07, 6.45) is 0. The highest BCUT2D eigenvalue weighted by atomic mass is 35.5. The summed E-state index contributed by atoms with van der Waals surface area (Å²) in [6.45, 7) is 0. The summed E-state index contributed by atoms with van der Waals surface area (Å²) in [5, 5.41) is 4.66. The number of hydrazine groups is 1. The van der Waals surface area contributed by atoms with Crippen molar-refractivity contribution in [3.63, 3.8) is 0 Å². The first kappa shape index (κ1) is 15.3. The molecule has 0 saturated heterocycles. The topological polar surface area (TPSA) is 66.3 Å². The second-order valence-corrected chi connectivity index (χ2v) is 5.53. The number of amides is 1. The number of carbonyl (C=O) groups excluding carboxylic acids is 1. The Balaban J connectivity index is 1.57. The first-order valence-electron chi connectivity index (χ1n) is 6.73. The number of para-hydroxylation sites is 1. The number of halogens is 1. The van der Waals surface area contributed by atoms with Gasteiger partial charge in [-0.1, -0.05) is 29.8 Å². The van der Waals surface area contributed by atoms with Crippen LogP contribution in [0.1, 0.15) is 10.6 Å². The molecule has 0 aliphatic rings. The number of carbonyl (C=O) groups is 1. The number of nitrogens with one attached hydrogen (secondary N) is 3. The van der Waals surface area contributed by atoms with E-state index in [2.05, 4.69) is 16.2 Å². The summed E-state index contributed by atoms with van der Waals surface area (Å²) in [5.41, 5.74) is 6.50. The summed E-state index contributed by atoms with van der Waals surface area (Å²) < 4.78 is 5.46. The van der Waals surface area contributed by atoms with Crippen molar-refractivity contribution in [2.24, 2.45) is 0 Å². The van der Waals surface area contributed by atoms with E-state index >= 15 is 0 Å². The van der Waals surface area contributed by atoms with Gasteiger partial charge >= 0.3 is 5.91 Å². The standard InChI is InChI=1S/C16H12ClN3O2S/c17-11-5-7-12(8-6-11)18-16(23)20-19-15(21)14-9-10-3-1-2-4-13(10)22-14/h1-9H,(H,19,21)(H2,18,20,23). The molecule has 3 N–H and O–H groups in total. The maximum Gasteiger partial charge on any atom is 0.305 e. The van der Waals surface area contributed by atoms with Gasteiger partial charge in [0.25, 0.3) is 0 Å². The zero-order chi connectivity index (χ0) is 16.2. The van der Waals surface area contributed by atoms with Gasteiger partial charge in [0.05, 0.1) is 0 Å². The Labute approximate surface area is 142 Å². The van der Waals surface area contributed by atoms with Crippen LogP contribution in [-0.4, -0.2) is 11.0 Å². The molecule has 0 aliphatic heterocycles. The van der Waals surface area contributed by atoms with Gasteiger partial charge in [-0.2, -0.15) is 0 Å². The van der Waals surface area contributed by atoms with Crippen molar-refractivity contribution in [3.8, 4) is 0 Å². The monoisotopic (exact) mass is 345 g/mol. The Morgan fingerprint density at radius 3 is 2.52 bits per heavy atom. The second kappa shape index (κ2) is 6.68. The van der Waals surface area contributed by atoms with E-state index in [0.29, 0.717) is 10.6 Å². The molecular formula is C16H12ClN3O2S. The molecule has 0 unspecified atom stereocenters. The fraction of sp³-hybridized carbons (Fsp3) is 0. The Bertz CT molecular complexity index is 828. The van der Waals surface area contributed by atoms with Crippen LogP contribution in [-0.2, 0) is 0 Å². The summed E-state index contributed by atoms with van der Waals surface area (Å²) in [7, 11) is 0. The van der Waals surface area contributed by atoms with Crippen LogP contribution >= 0.6 is 23.8 Å². The highest BCUT2D eigenvalue weighted by Crippen LogP contribution is 2.18. The molecule has 0 saturated carbocycles. The first-order valence-corrected chi connectivity index (χ1v) is 7.52. The smallest absolute Gasteiger partial charge is 0.305 e. The van der Waals surface area contributed by atoms with Crippen LogP contribution in [0, 0.1) is 0 Å². The lowest BCUT2D eigenvalue weighted by atomic mass is 10.2. The minimum atomic E-state index is -0.415. The lowest BCUT2D eigenvalue weighted by molar-refractivity contribution is 0.0918. The molecule has 2 aromatic carbocycles. The van der Waals surface area contributed by atoms with Gasteiger partial charge in [-0.05, 0) is 48.6 Å². The van der Waals surface area contributed by atoms with Crippen molar-refractivity contribution in [2.75, 3.05) is 5.32 Å². The molecule has 0 radical (unpaired) electrons. The van der Waals surface area contributed by atoms with Gasteiger partial charge in [-0.15, -0.1) is 0 Å². The molecule has 0 spiro atoms. The van der Waals surface area contributed by atoms with Crippen LogP contribution in [0.5, 0.6) is 0 Å². The van der Waals surface area contributed by atoms with Gasteiger partial charge < -0.3 is 9.73 Å². The molecule has 1 amide bonds. The average Bonchev–Trinajstić information content (AvgIpc) is 2.99. The number of rotatable bonds is 2. The maximum absolute atomic E-state index is 12.0. The summed E-state index contributed by atoms with van der Waals surface area (Å²) in [5.74, 6) is -0.213. The zero-order valence-corrected chi connectivity index (χ0v) is 13.4. The predicted molar refractivity (Wildman–Crippen MR) is 94.5 cm³/mol. The summed E-state index contributed by atoms with van der Waals surface area (Å²) >= 11 is 10.9. The van der Waals surface area contributed by atoms with Crippen molar-refractivity contribution in [3.05, 3.63) is 65.4 Å². The van der Waals surface area contributed by atoms with Crippen LogP contribution in [0.15, 0.2) is 59.0 Å². The maximum atomic E-state index is 12.0. The van der Waals surface area contributed by atoms with E-state index in [4.69, 9.17) is 28.2 Å². The van der Waals surface area contributed by atoms with E-state index in [1.54, 1.807) is 36.4 Å². The number of benzene rings is 2. The van der Waals surface area contributed by atoms with E-state index < -0.39 is 5.91 Å². The molecule has 5 nitrogen and oxygen atoms in total. The third-order valence-corrected chi connectivity index (χ3v) is 3.50. The van der Waals surface area contributed by atoms with Gasteiger partial charge in [0, 0.05) is 16.1 Å². The molecule has 23 heavy (non-hydrogen) atoms. The average molecular weight is 346 g/mol. The van der Waals surface area contributed by atoms with Gasteiger partial charge in [0.2, 0.25) is 0 Å². The molecule has 0 bridgehead atoms. The Hall–Kier alpha value is -2.57. The van der Waals surface area contributed by atoms with Gasteiger partial charge in [0.1, 0.15) is 5.58 Å². The molecule has 3 aromatic rings. The summed E-state index contributed by atoms with van der Waals surface area (Å²) in [6, 6.07) is 16.1. The van der Waals surface area contributed by atoms with Gasteiger partial charge in [-0.3, -0.25) is 15.6 Å². The van der Waals surface area contributed by atoms with E-state index in [1.807, 2.05) is 18.2 Å². The highest BCUT2D eigenvalue weighted by Gasteiger charge is 2.12. The highest BCUT2D eigenvalue weighted by molar-refractivity contribution is 7.80. The molecule has 1 heterocycles. The first-order chi connectivity index (χ1) is 11.1. The molecule has 116 valence electrons. The fourth-order valence-electron chi connectivity index (χ4n) is 1.96. The van der Waals surface area contributed by atoms with Crippen LogP contribution in [0.25, 0.3) is 11.0 Å². The third kappa shape index (κ3) is 3.80. The number of anilines is 1. The number of thiocarbonyl (C=S) groups is 1. The SMILES string of the molecule is O=C(NNC(=S)Nc1ccc(Cl)cc1)c1cc2ccccc2o1. The minimum absolute atomic E-state index is 0.202. The Morgan fingerprint density at radius 1 is 1.04 bits per heavy atom. The Morgan fingerprint density at radius 2 is 1.78 bits per heavy atom. The number of fused-ring (bicyclic) bond motifs is 1. The molecule has 0 fully saturated rings. The lowest BCUT2D eigenvalue weighted by Gasteiger charge is -2.10. The molecule has 0 aliphatic carbocycles. The molecule has 3 rings (SSSR count). The quantitative estimate of drug-likeness (QED) is 0.488. The molecular weight excluding hydrogens is 334 g/mol. The number of hydrogen-bond donors (Lipinski definition) is 3. The van der Waals surface area contributed by atoms with E-state index in [-0.39, 0.29) is 10.9 Å². The van der Waals surface area contributed by atoms with Crippen molar-refractivity contribution < 1.29 is 9.21 Å². The van der Waals surface area contributed by atoms with Crippen LogP contribution in [0.3, 0.4) is 0 Å². The van der Waals surface area contributed by atoms with Gasteiger partial charge in [0.15, 0.2) is 10.9 Å². The molecule has 7 heteroatoms.